The highest BCUT2D eigenvalue weighted by atomic mass is 32.2. The first-order chi connectivity index (χ1) is 22.8. The van der Waals surface area contributed by atoms with Crippen molar-refractivity contribution < 1.29 is 23.8 Å². The van der Waals surface area contributed by atoms with Crippen LogP contribution >= 0.6 is 11.8 Å². The van der Waals surface area contributed by atoms with E-state index in [1.807, 2.05) is 66.7 Å². The second kappa shape index (κ2) is 12.9. The van der Waals surface area contributed by atoms with Crippen molar-refractivity contribution in [2.24, 2.45) is 5.41 Å². The van der Waals surface area contributed by atoms with E-state index in [2.05, 4.69) is 35.3 Å². The maximum Gasteiger partial charge on any atom is 0.362 e. The number of para-hydroxylation sites is 1. The Labute approximate surface area is 282 Å². The van der Waals surface area contributed by atoms with Crippen molar-refractivity contribution in [3.05, 3.63) is 120 Å². The van der Waals surface area contributed by atoms with Gasteiger partial charge in [-0.05, 0) is 61.9 Å². The van der Waals surface area contributed by atoms with Gasteiger partial charge in [-0.1, -0.05) is 69.3 Å². The Morgan fingerprint density at radius 2 is 1.67 bits per heavy atom. The molecule has 3 aromatic heterocycles. The Balaban J connectivity index is 1.42. The first kappa shape index (κ1) is 32.9. The molecule has 0 fully saturated rings. The molecule has 6 rings (SSSR count). The molecule has 9 heteroatoms. The van der Waals surface area contributed by atoms with Crippen LogP contribution in [0.5, 0.6) is 5.75 Å². The lowest BCUT2D eigenvalue weighted by Crippen LogP contribution is -2.28. The number of halogens is 1. The fraction of sp³-hybridized carbons (Fsp3) is 0.231. The molecule has 0 spiro atoms. The van der Waals surface area contributed by atoms with Crippen molar-refractivity contribution in [3.8, 4) is 17.0 Å². The maximum atomic E-state index is 13.4. The summed E-state index contributed by atoms with van der Waals surface area (Å²) in [5.41, 5.74) is 4.18. The van der Waals surface area contributed by atoms with Gasteiger partial charge in [0, 0.05) is 50.2 Å². The molecular formula is C39H36FN3O4S. The van der Waals surface area contributed by atoms with Gasteiger partial charge < -0.3 is 14.4 Å². The number of pyridine rings is 2. The Morgan fingerprint density at radius 1 is 0.917 bits per heavy atom. The zero-order chi connectivity index (χ0) is 34.2. The molecule has 3 aromatic carbocycles. The highest BCUT2D eigenvalue weighted by Gasteiger charge is 2.33. The van der Waals surface area contributed by atoms with Gasteiger partial charge >= 0.3 is 11.9 Å². The molecule has 0 aliphatic rings. The molecule has 7 nitrogen and oxygen atoms in total. The van der Waals surface area contributed by atoms with E-state index < -0.39 is 17.4 Å². The highest BCUT2D eigenvalue weighted by molar-refractivity contribution is 8.00. The van der Waals surface area contributed by atoms with Crippen LogP contribution in [0.2, 0.25) is 0 Å². The van der Waals surface area contributed by atoms with Crippen LogP contribution in [0.15, 0.2) is 102 Å². The Kier molecular flexibility index (Phi) is 8.83. The van der Waals surface area contributed by atoms with Gasteiger partial charge in [0.1, 0.15) is 17.3 Å². The number of carbonyl (C=O) groups is 2. The molecule has 0 saturated carbocycles. The summed E-state index contributed by atoms with van der Waals surface area (Å²) < 4.78 is 21.3. The zero-order valence-electron chi connectivity index (χ0n) is 27.5. The van der Waals surface area contributed by atoms with Gasteiger partial charge in [-0.15, -0.1) is 11.8 Å². The summed E-state index contributed by atoms with van der Waals surface area (Å²) in [6, 6.07) is 27.6. The monoisotopic (exact) mass is 661 g/mol. The Bertz CT molecular complexity index is 2150. The first-order valence-electron chi connectivity index (χ1n) is 15.6. The lowest BCUT2D eigenvalue weighted by Gasteiger charge is -2.24. The number of carboxylic acids is 1. The maximum absolute atomic E-state index is 13.4. The molecule has 1 N–H and O–H groups in total. The van der Waals surface area contributed by atoms with Crippen LogP contribution in [-0.4, -0.2) is 36.3 Å². The molecule has 0 aliphatic carbocycles. The Morgan fingerprint density at radius 3 is 2.35 bits per heavy atom. The molecule has 0 saturated heterocycles. The number of thioether (sulfide) groups is 1. The average Bonchev–Trinajstić information content (AvgIpc) is 3.30. The molecule has 0 bridgehead atoms. The number of aromatic nitrogens is 3. The predicted octanol–water partition coefficient (Wildman–Crippen LogP) is 9.20. The van der Waals surface area contributed by atoms with Crippen molar-refractivity contribution in [1.82, 2.24) is 14.5 Å². The van der Waals surface area contributed by atoms with Crippen LogP contribution in [0.1, 0.15) is 56.4 Å². The minimum absolute atomic E-state index is 0.202. The Hall–Kier alpha value is -5.02. The number of rotatable bonds is 9. The number of benzene rings is 3. The number of nitrogens with zero attached hydrogens (tertiary/aromatic N) is 3. The van der Waals surface area contributed by atoms with Crippen molar-refractivity contribution >= 4 is 45.5 Å². The van der Waals surface area contributed by atoms with Gasteiger partial charge in [-0.3, -0.25) is 9.78 Å². The third-order valence-electron chi connectivity index (χ3n) is 8.02. The summed E-state index contributed by atoms with van der Waals surface area (Å²) in [5, 5.41) is 11.9. The van der Waals surface area contributed by atoms with Crippen LogP contribution in [0, 0.1) is 11.2 Å². The quantitative estimate of drug-likeness (QED) is 0.0938. The summed E-state index contributed by atoms with van der Waals surface area (Å²) in [6.45, 7) is 10.3. The highest BCUT2D eigenvalue weighted by Crippen LogP contribution is 2.44. The topological polar surface area (TPSA) is 94.3 Å². The van der Waals surface area contributed by atoms with E-state index in [1.54, 1.807) is 43.8 Å². The molecule has 0 radical (unpaired) electrons. The van der Waals surface area contributed by atoms with Gasteiger partial charge in [0.2, 0.25) is 0 Å². The van der Waals surface area contributed by atoms with E-state index >= 15 is 0 Å². The fourth-order valence-corrected chi connectivity index (χ4v) is 6.73. The summed E-state index contributed by atoms with van der Waals surface area (Å²) in [7, 11) is 0. The number of carboxylic acid groups (broad SMARTS) is 1. The number of ether oxygens (including phenoxy) is 1. The SMILES string of the molecule is CC(C)(C)Sc1c(CC(C)(C)C(=O)O)n(Cc2ccc(-c3ccc(F)cn3)cc2)c2ccc(OC(=O)c3ccc4ccccc4n3)cc12. The van der Waals surface area contributed by atoms with Gasteiger partial charge in [-0.2, -0.15) is 0 Å². The summed E-state index contributed by atoms with van der Waals surface area (Å²) in [6.07, 6.45) is 1.48. The second-order valence-corrected chi connectivity index (χ2v) is 15.3. The third-order valence-corrected chi connectivity index (χ3v) is 9.30. The normalized spacial score (nSPS) is 12.0. The smallest absolute Gasteiger partial charge is 0.362 e. The van der Waals surface area contributed by atoms with E-state index in [0.717, 1.165) is 38.0 Å². The van der Waals surface area contributed by atoms with Crippen LogP contribution < -0.4 is 4.74 Å². The van der Waals surface area contributed by atoms with Gasteiger partial charge in [-0.25, -0.2) is 14.2 Å². The molecule has 3 heterocycles. The zero-order valence-corrected chi connectivity index (χ0v) is 28.3. The van der Waals surface area contributed by atoms with Crippen molar-refractivity contribution in [3.63, 3.8) is 0 Å². The first-order valence-corrected chi connectivity index (χ1v) is 16.5. The third kappa shape index (κ3) is 7.11. The largest absolute Gasteiger partial charge is 0.481 e. The van der Waals surface area contributed by atoms with Gasteiger partial charge in [0.15, 0.2) is 0 Å². The minimum atomic E-state index is -1.05. The van der Waals surface area contributed by atoms with Crippen molar-refractivity contribution in [2.75, 3.05) is 0 Å². The van der Waals surface area contributed by atoms with Crippen molar-refractivity contribution in [1.29, 1.82) is 0 Å². The number of fused-ring (bicyclic) bond motifs is 2. The van der Waals surface area contributed by atoms with Gasteiger partial charge in [0.25, 0.3) is 0 Å². The number of hydrogen-bond donors (Lipinski definition) is 1. The van der Waals surface area contributed by atoms with E-state index in [1.165, 1.54) is 12.3 Å². The molecule has 0 unspecified atom stereocenters. The summed E-state index contributed by atoms with van der Waals surface area (Å²) in [4.78, 5) is 35.3. The van der Waals surface area contributed by atoms with Crippen LogP contribution in [0.25, 0.3) is 33.1 Å². The van der Waals surface area contributed by atoms with Crippen LogP contribution in [0.4, 0.5) is 4.39 Å². The molecule has 0 aliphatic heterocycles. The number of hydrogen-bond acceptors (Lipinski definition) is 6. The minimum Gasteiger partial charge on any atom is -0.481 e. The average molecular weight is 662 g/mol. The van der Waals surface area contributed by atoms with Crippen LogP contribution in [0.3, 0.4) is 0 Å². The predicted molar refractivity (Wildman–Crippen MR) is 188 cm³/mol. The number of esters is 1. The van der Waals surface area contributed by atoms with E-state index in [0.29, 0.717) is 23.5 Å². The standard InChI is InChI=1S/C39H36FN3O4S/c1-38(2,3)48-35-29-20-28(47-36(44)32-17-14-25-8-6-7-9-31(25)42-32)16-19-33(29)43(34(35)21-39(4,5)37(45)46)23-24-10-12-26(13-11-24)30-18-15-27(40)22-41-30/h6-20,22H,21,23H2,1-5H3,(H,45,46). The molecule has 6 aromatic rings. The molecule has 0 amide bonds. The van der Waals surface area contributed by atoms with Crippen molar-refractivity contribution in [2.45, 2.75) is 57.2 Å². The number of carbonyl (C=O) groups excluding carboxylic acids is 1. The second-order valence-electron chi connectivity index (χ2n) is 13.5. The summed E-state index contributed by atoms with van der Waals surface area (Å²) >= 11 is 1.66. The number of aliphatic carboxylic acids is 1. The molecular weight excluding hydrogens is 626 g/mol. The molecule has 0 atom stereocenters. The lowest BCUT2D eigenvalue weighted by molar-refractivity contribution is -0.146. The molecule has 244 valence electrons. The fourth-order valence-electron chi connectivity index (χ4n) is 5.54. The summed E-state index contributed by atoms with van der Waals surface area (Å²) in [5.74, 6) is -1.47. The van der Waals surface area contributed by atoms with Crippen LogP contribution in [-0.2, 0) is 17.8 Å². The van der Waals surface area contributed by atoms with Gasteiger partial charge in [0.05, 0.1) is 22.8 Å². The lowest BCUT2D eigenvalue weighted by atomic mass is 9.88. The van der Waals surface area contributed by atoms with E-state index in [9.17, 15) is 19.1 Å². The van der Waals surface area contributed by atoms with E-state index in [4.69, 9.17) is 4.74 Å². The molecule has 48 heavy (non-hydrogen) atoms. The van der Waals surface area contributed by atoms with E-state index in [-0.39, 0.29) is 22.7 Å².